The second kappa shape index (κ2) is 10.2. The van der Waals surface area contributed by atoms with E-state index in [2.05, 4.69) is 59.1 Å². The summed E-state index contributed by atoms with van der Waals surface area (Å²) in [7, 11) is 0. The normalized spacial score (nSPS) is 23.8. The van der Waals surface area contributed by atoms with Gasteiger partial charge < -0.3 is 20.4 Å². The molecule has 1 saturated carbocycles. The fraction of sp³-hybridized carbons (Fsp3) is 0.917. The van der Waals surface area contributed by atoms with E-state index in [1.807, 2.05) is 37.5 Å². The zero-order valence-electron chi connectivity index (χ0n) is 21.4. The summed E-state index contributed by atoms with van der Waals surface area (Å²) in [5.74, 6) is 0. The van der Waals surface area contributed by atoms with Crippen LogP contribution in [0, 0.1) is 10.8 Å². The van der Waals surface area contributed by atoms with E-state index in [9.17, 15) is 9.59 Å². The minimum atomic E-state index is -0.0600. The molecule has 1 aliphatic carbocycles. The van der Waals surface area contributed by atoms with Crippen molar-refractivity contribution in [1.82, 2.24) is 20.4 Å². The van der Waals surface area contributed by atoms with Crippen LogP contribution in [0.2, 0.25) is 0 Å². The highest BCUT2D eigenvalue weighted by Gasteiger charge is 2.42. The SMILES string of the molecule is CC(C)N(C(=O)NC[C@]1(C)C[C@H](NC(=O)N(C(C)C)C(C)C)CC(C)(C)C1)C(C)C. The van der Waals surface area contributed by atoms with Crippen LogP contribution in [0.1, 0.15) is 95.4 Å². The Morgan fingerprint density at radius 2 is 1.23 bits per heavy atom. The molecule has 0 bridgehead atoms. The molecule has 30 heavy (non-hydrogen) atoms. The van der Waals surface area contributed by atoms with E-state index >= 15 is 0 Å². The molecule has 1 fully saturated rings. The maximum Gasteiger partial charge on any atom is 0.318 e. The molecule has 0 unspecified atom stereocenters. The number of amides is 4. The molecule has 1 rings (SSSR count). The van der Waals surface area contributed by atoms with Crippen LogP contribution in [-0.2, 0) is 0 Å². The van der Waals surface area contributed by atoms with Gasteiger partial charge in [-0.2, -0.15) is 0 Å². The number of hydrogen-bond acceptors (Lipinski definition) is 2. The lowest BCUT2D eigenvalue weighted by atomic mass is 9.62. The molecule has 0 spiro atoms. The molecule has 1 aliphatic rings. The zero-order valence-corrected chi connectivity index (χ0v) is 21.4. The number of nitrogens with zero attached hydrogens (tertiary/aromatic N) is 2. The quantitative estimate of drug-likeness (QED) is 0.588. The minimum absolute atomic E-state index is 0.00372. The van der Waals surface area contributed by atoms with Crippen molar-refractivity contribution in [2.45, 2.75) is 126 Å². The lowest BCUT2D eigenvalue weighted by molar-refractivity contribution is 0.0675. The molecule has 4 amide bonds. The maximum atomic E-state index is 13.0. The van der Waals surface area contributed by atoms with Gasteiger partial charge in [-0.1, -0.05) is 20.8 Å². The van der Waals surface area contributed by atoms with Crippen LogP contribution in [0.3, 0.4) is 0 Å². The first-order valence-electron chi connectivity index (χ1n) is 11.7. The summed E-state index contributed by atoms with van der Waals surface area (Å²) in [6.07, 6.45) is 2.85. The van der Waals surface area contributed by atoms with Crippen molar-refractivity contribution in [2.75, 3.05) is 6.54 Å². The number of rotatable bonds is 7. The highest BCUT2D eigenvalue weighted by atomic mass is 16.2. The summed E-state index contributed by atoms with van der Waals surface area (Å²) in [5, 5.41) is 6.49. The predicted molar refractivity (Wildman–Crippen MR) is 126 cm³/mol. The summed E-state index contributed by atoms with van der Waals surface area (Å²) in [6.45, 7) is 23.8. The van der Waals surface area contributed by atoms with Crippen LogP contribution < -0.4 is 10.6 Å². The van der Waals surface area contributed by atoms with Crippen molar-refractivity contribution in [1.29, 1.82) is 0 Å². The van der Waals surface area contributed by atoms with Crippen LogP contribution in [0.25, 0.3) is 0 Å². The predicted octanol–water partition coefficient (Wildman–Crippen LogP) is 5.23. The molecule has 0 aromatic carbocycles. The van der Waals surface area contributed by atoms with E-state index in [1.165, 1.54) is 0 Å². The number of hydrogen-bond donors (Lipinski definition) is 2. The number of carbonyl (C=O) groups excluding carboxylic acids is 2. The van der Waals surface area contributed by atoms with Gasteiger partial charge in [-0.3, -0.25) is 0 Å². The first-order chi connectivity index (χ1) is 13.6. The van der Waals surface area contributed by atoms with E-state index in [1.54, 1.807) is 0 Å². The molecule has 0 saturated heterocycles. The topological polar surface area (TPSA) is 64.7 Å². The molecule has 2 N–H and O–H groups in total. The van der Waals surface area contributed by atoms with Gasteiger partial charge >= 0.3 is 12.1 Å². The third-order valence-corrected chi connectivity index (χ3v) is 6.13. The van der Waals surface area contributed by atoms with Crippen LogP contribution in [0.15, 0.2) is 0 Å². The standard InChI is InChI=1S/C24H48N4O2/c1-16(2)27(17(3)4)21(29)25-15-24(11)13-20(12-23(9,10)14-24)26-22(30)28(18(5)6)19(7)8/h16-20H,12-15H2,1-11H3,(H,25,29)(H,26,30)/t20-,24-/m1/s1. The molecule has 6 heteroatoms. The Balaban J connectivity index is 2.88. The third-order valence-electron chi connectivity index (χ3n) is 6.13. The molecule has 0 radical (unpaired) electrons. The van der Waals surface area contributed by atoms with Crippen LogP contribution in [-0.4, -0.2) is 58.6 Å². The minimum Gasteiger partial charge on any atom is -0.337 e. The highest BCUT2D eigenvalue weighted by Crippen LogP contribution is 2.45. The van der Waals surface area contributed by atoms with Gasteiger partial charge in [-0.25, -0.2) is 9.59 Å². The van der Waals surface area contributed by atoms with Crippen LogP contribution in [0.5, 0.6) is 0 Å². The van der Waals surface area contributed by atoms with Crippen molar-refractivity contribution < 1.29 is 9.59 Å². The summed E-state index contributed by atoms with van der Waals surface area (Å²) in [5.41, 5.74) is 0.0431. The maximum absolute atomic E-state index is 13.0. The zero-order chi connectivity index (χ0) is 23.4. The summed E-state index contributed by atoms with van der Waals surface area (Å²) < 4.78 is 0. The molecule has 0 heterocycles. The third kappa shape index (κ3) is 7.35. The fourth-order valence-corrected chi connectivity index (χ4v) is 5.63. The smallest absolute Gasteiger partial charge is 0.318 e. The molecule has 0 aliphatic heterocycles. The van der Waals surface area contributed by atoms with Crippen molar-refractivity contribution in [3.8, 4) is 0 Å². The Morgan fingerprint density at radius 1 is 0.800 bits per heavy atom. The van der Waals surface area contributed by atoms with Crippen molar-refractivity contribution >= 4 is 12.1 Å². The van der Waals surface area contributed by atoms with Gasteiger partial charge in [-0.15, -0.1) is 0 Å². The lowest BCUT2D eigenvalue weighted by Crippen LogP contribution is -2.56. The molecule has 2 atom stereocenters. The number of nitrogens with one attached hydrogen (secondary N) is 2. The highest BCUT2D eigenvalue weighted by molar-refractivity contribution is 5.75. The summed E-state index contributed by atoms with van der Waals surface area (Å²) >= 11 is 0. The fourth-order valence-electron chi connectivity index (χ4n) is 5.63. The van der Waals surface area contributed by atoms with Gasteiger partial charge in [-0.05, 0) is 85.5 Å². The largest absolute Gasteiger partial charge is 0.337 e. The molecular formula is C24H48N4O2. The Labute approximate surface area is 185 Å². The number of urea groups is 2. The number of carbonyl (C=O) groups is 2. The Kier molecular flexibility index (Phi) is 9.06. The average Bonchev–Trinajstić information content (AvgIpc) is 2.49. The molecule has 0 aromatic heterocycles. The molecular weight excluding hydrogens is 376 g/mol. The van der Waals surface area contributed by atoms with Crippen molar-refractivity contribution in [3.63, 3.8) is 0 Å². The Morgan fingerprint density at radius 3 is 1.67 bits per heavy atom. The Bertz CT molecular complexity index is 570. The Hall–Kier alpha value is -1.46. The molecule has 6 nitrogen and oxygen atoms in total. The van der Waals surface area contributed by atoms with Gasteiger partial charge in [0.25, 0.3) is 0 Å². The van der Waals surface area contributed by atoms with E-state index in [0.717, 1.165) is 19.3 Å². The first-order valence-corrected chi connectivity index (χ1v) is 11.7. The monoisotopic (exact) mass is 424 g/mol. The van der Waals surface area contributed by atoms with Gasteiger partial charge in [0, 0.05) is 36.8 Å². The van der Waals surface area contributed by atoms with Crippen molar-refractivity contribution in [2.24, 2.45) is 10.8 Å². The van der Waals surface area contributed by atoms with Gasteiger partial charge in [0.1, 0.15) is 0 Å². The van der Waals surface area contributed by atoms with E-state index < -0.39 is 0 Å². The lowest BCUT2D eigenvalue weighted by Gasteiger charge is -2.47. The second-order valence-corrected chi connectivity index (χ2v) is 11.6. The van der Waals surface area contributed by atoms with Gasteiger partial charge in [0.05, 0.1) is 0 Å². The van der Waals surface area contributed by atoms with Crippen molar-refractivity contribution in [3.05, 3.63) is 0 Å². The first kappa shape index (κ1) is 26.6. The van der Waals surface area contributed by atoms with Crippen LogP contribution in [0.4, 0.5) is 9.59 Å². The van der Waals surface area contributed by atoms with E-state index in [-0.39, 0.29) is 53.1 Å². The second-order valence-electron chi connectivity index (χ2n) is 11.6. The van der Waals surface area contributed by atoms with Gasteiger partial charge in [0.15, 0.2) is 0 Å². The van der Waals surface area contributed by atoms with E-state index in [4.69, 9.17) is 0 Å². The van der Waals surface area contributed by atoms with Gasteiger partial charge in [0.2, 0.25) is 0 Å². The summed E-state index contributed by atoms with van der Waals surface area (Å²) in [4.78, 5) is 29.6. The molecule has 0 aromatic rings. The summed E-state index contributed by atoms with van der Waals surface area (Å²) in [6, 6.07) is 0.748. The molecule has 176 valence electrons. The van der Waals surface area contributed by atoms with Crippen LogP contribution >= 0.6 is 0 Å². The average molecular weight is 425 g/mol. The van der Waals surface area contributed by atoms with E-state index in [0.29, 0.717) is 6.54 Å².